The third-order valence-electron chi connectivity index (χ3n) is 2.05. The largest absolute Gasteiger partial charge is 0.308 e. The summed E-state index contributed by atoms with van der Waals surface area (Å²) in [7, 11) is 3.90. The Labute approximate surface area is 104 Å². The molecule has 0 fully saturated rings. The van der Waals surface area contributed by atoms with Crippen LogP contribution in [0.5, 0.6) is 0 Å². The van der Waals surface area contributed by atoms with Crippen LogP contribution in [0.4, 0.5) is 0 Å². The van der Waals surface area contributed by atoms with E-state index >= 15 is 0 Å². The van der Waals surface area contributed by atoms with Gasteiger partial charge in [0.2, 0.25) is 0 Å². The van der Waals surface area contributed by atoms with Crippen LogP contribution in [0, 0.1) is 5.92 Å². The monoisotopic (exact) mass is 287 g/mol. The van der Waals surface area contributed by atoms with Crippen molar-refractivity contribution in [3.8, 4) is 0 Å². The summed E-state index contributed by atoms with van der Waals surface area (Å²) in [4.78, 5) is 20.9. The second-order valence-electron chi connectivity index (χ2n) is 4.61. The molecule has 0 saturated heterocycles. The van der Waals surface area contributed by atoms with Gasteiger partial charge in [0.25, 0.3) is 5.56 Å². The molecule has 1 aromatic rings. The molecule has 0 saturated carbocycles. The van der Waals surface area contributed by atoms with E-state index in [2.05, 4.69) is 39.7 Å². The van der Waals surface area contributed by atoms with Crippen molar-refractivity contribution >= 4 is 15.9 Å². The van der Waals surface area contributed by atoms with Crippen molar-refractivity contribution in [1.29, 1.82) is 0 Å². The lowest BCUT2D eigenvalue weighted by Crippen LogP contribution is -2.21. The summed E-state index contributed by atoms with van der Waals surface area (Å²) in [6.45, 7) is 4.87. The maximum Gasteiger partial charge on any atom is 0.265 e. The van der Waals surface area contributed by atoms with Crippen LogP contribution in [0.15, 0.2) is 9.27 Å². The molecule has 0 aliphatic heterocycles. The average molecular weight is 288 g/mol. The summed E-state index contributed by atoms with van der Waals surface area (Å²) in [5.74, 6) is 1.20. The smallest absolute Gasteiger partial charge is 0.265 e. The predicted octanol–water partition coefficient (Wildman–Crippen LogP) is 1.79. The van der Waals surface area contributed by atoms with Gasteiger partial charge in [-0.25, -0.2) is 4.98 Å². The van der Waals surface area contributed by atoms with Gasteiger partial charge in [0, 0.05) is 0 Å². The number of rotatable bonds is 4. The van der Waals surface area contributed by atoms with E-state index in [1.54, 1.807) is 0 Å². The van der Waals surface area contributed by atoms with Crippen LogP contribution >= 0.6 is 15.9 Å². The Morgan fingerprint density at radius 3 is 2.56 bits per heavy atom. The van der Waals surface area contributed by atoms with Crippen molar-refractivity contribution in [3.05, 3.63) is 26.3 Å². The summed E-state index contributed by atoms with van der Waals surface area (Å²) in [6.07, 6.45) is 0.810. The lowest BCUT2D eigenvalue weighted by atomic mass is 10.1. The number of nitrogens with zero attached hydrogens (tertiary/aromatic N) is 2. The van der Waals surface area contributed by atoms with Gasteiger partial charge in [0.1, 0.15) is 10.3 Å². The predicted molar refractivity (Wildman–Crippen MR) is 68.5 cm³/mol. The van der Waals surface area contributed by atoms with Gasteiger partial charge in [-0.1, -0.05) is 13.8 Å². The van der Waals surface area contributed by atoms with Crippen LogP contribution in [0.2, 0.25) is 0 Å². The molecule has 0 aliphatic rings. The first-order valence-electron chi connectivity index (χ1n) is 5.32. The summed E-state index contributed by atoms with van der Waals surface area (Å²) in [6, 6.07) is 0. The first kappa shape index (κ1) is 13.4. The van der Waals surface area contributed by atoms with Crippen LogP contribution in [0.25, 0.3) is 0 Å². The first-order chi connectivity index (χ1) is 7.40. The van der Waals surface area contributed by atoms with Crippen molar-refractivity contribution in [2.45, 2.75) is 26.8 Å². The Kier molecular flexibility index (Phi) is 4.68. The Balaban J connectivity index is 3.07. The molecule has 0 bridgehead atoms. The molecular weight excluding hydrogens is 270 g/mol. The second kappa shape index (κ2) is 5.59. The highest BCUT2D eigenvalue weighted by atomic mass is 79.9. The van der Waals surface area contributed by atoms with Crippen molar-refractivity contribution in [2.75, 3.05) is 14.1 Å². The molecule has 0 atom stereocenters. The fraction of sp³-hybridized carbons (Fsp3) is 0.636. The highest BCUT2D eigenvalue weighted by Gasteiger charge is 2.10. The van der Waals surface area contributed by atoms with E-state index in [-0.39, 0.29) is 5.56 Å². The minimum absolute atomic E-state index is 0.0949. The van der Waals surface area contributed by atoms with Crippen LogP contribution < -0.4 is 5.56 Å². The molecule has 4 nitrogen and oxygen atoms in total. The van der Waals surface area contributed by atoms with E-state index in [1.165, 1.54) is 0 Å². The molecule has 0 unspecified atom stereocenters. The number of aromatic amines is 1. The lowest BCUT2D eigenvalue weighted by Gasteiger charge is -2.11. The molecule has 1 rings (SSSR count). The summed E-state index contributed by atoms with van der Waals surface area (Å²) in [5.41, 5.74) is 0.748. The first-order valence-corrected chi connectivity index (χ1v) is 6.11. The lowest BCUT2D eigenvalue weighted by molar-refractivity contribution is 0.388. The van der Waals surface area contributed by atoms with Gasteiger partial charge in [-0.05, 0) is 42.4 Å². The summed E-state index contributed by atoms with van der Waals surface area (Å²) < 4.78 is 0.559. The maximum absolute atomic E-state index is 11.7. The van der Waals surface area contributed by atoms with Crippen LogP contribution in [0.1, 0.15) is 25.4 Å². The second-order valence-corrected chi connectivity index (χ2v) is 5.40. The zero-order chi connectivity index (χ0) is 12.3. The van der Waals surface area contributed by atoms with Gasteiger partial charge in [0.15, 0.2) is 0 Å². The summed E-state index contributed by atoms with van der Waals surface area (Å²) >= 11 is 3.29. The van der Waals surface area contributed by atoms with Gasteiger partial charge in [-0.3, -0.25) is 4.79 Å². The topological polar surface area (TPSA) is 49.0 Å². The van der Waals surface area contributed by atoms with Crippen LogP contribution in [0.3, 0.4) is 0 Å². The van der Waals surface area contributed by atoms with Crippen LogP contribution in [-0.2, 0) is 13.0 Å². The fourth-order valence-corrected chi connectivity index (χ4v) is 1.80. The van der Waals surface area contributed by atoms with Crippen molar-refractivity contribution in [3.63, 3.8) is 0 Å². The Hall–Kier alpha value is -0.680. The SMILES string of the molecule is CC(C)Cc1nc(CN(C)C)[nH]c(=O)c1Br. The van der Waals surface area contributed by atoms with Crippen molar-refractivity contribution < 1.29 is 0 Å². The van der Waals surface area contributed by atoms with Gasteiger partial charge in [-0.15, -0.1) is 0 Å². The average Bonchev–Trinajstić information content (AvgIpc) is 2.11. The molecular formula is C11H18BrN3O. The molecule has 0 amide bonds. The molecule has 5 heteroatoms. The molecule has 90 valence electrons. The number of hydrogen-bond donors (Lipinski definition) is 1. The Morgan fingerprint density at radius 2 is 2.06 bits per heavy atom. The zero-order valence-corrected chi connectivity index (χ0v) is 11.8. The number of nitrogens with one attached hydrogen (secondary N) is 1. The van der Waals surface area contributed by atoms with Crippen molar-refractivity contribution in [1.82, 2.24) is 14.9 Å². The zero-order valence-electron chi connectivity index (χ0n) is 10.2. The molecule has 1 N–H and O–H groups in total. The number of aromatic nitrogens is 2. The third kappa shape index (κ3) is 3.72. The minimum atomic E-state index is -0.0949. The Morgan fingerprint density at radius 1 is 1.44 bits per heavy atom. The molecule has 0 radical (unpaired) electrons. The van der Waals surface area contributed by atoms with E-state index in [9.17, 15) is 4.79 Å². The summed E-state index contributed by atoms with van der Waals surface area (Å²) in [5, 5.41) is 0. The van der Waals surface area contributed by atoms with E-state index in [0.29, 0.717) is 22.8 Å². The Bertz CT molecular complexity index is 412. The van der Waals surface area contributed by atoms with E-state index in [4.69, 9.17) is 0 Å². The fourth-order valence-electron chi connectivity index (χ4n) is 1.45. The van der Waals surface area contributed by atoms with Crippen LogP contribution in [-0.4, -0.2) is 29.0 Å². The molecule has 16 heavy (non-hydrogen) atoms. The van der Waals surface area contributed by atoms with E-state index < -0.39 is 0 Å². The van der Waals surface area contributed by atoms with Gasteiger partial charge in [0.05, 0.1) is 12.2 Å². The highest BCUT2D eigenvalue weighted by molar-refractivity contribution is 9.10. The number of halogens is 1. The quantitative estimate of drug-likeness (QED) is 0.919. The van der Waals surface area contributed by atoms with Gasteiger partial charge in [-0.2, -0.15) is 0 Å². The maximum atomic E-state index is 11.7. The standard InChI is InChI=1S/C11H18BrN3O/c1-7(2)5-8-10(12)11(16)14-9(13-8)6-15(3)4/h7H,5-6H2,1-4H3,(H,13,14,16). The normalized spacial score (nSPS) is 11.4. The molecule has 0 aliphatic carbocycles. The number of H-pyrrole nitrogens is 1. The van der Waals surface area contributed by atoms with E-state index in [0.717, 1.165) is 12.1 Å². The third-order valence-corrected chi connectivity index (χ3v) is 2.87. The van der Waals surface area contributed by atoms with E-state index in [1.807, 2.05) is 19.0 Å². The molecule has 0 spiro atoms. The molecule has 0 aromatic carbocycles. The van der Waals surface area contributed by atoms with Crippen molar-refractivity contribution in [2.24, 2.45) is 5.92 Å². The highest BCUT2D eigenvalue weighted by Crippen LogP contribution is 2.13. The molecule has 1 heterocycles. The number of hydrogen-bond acceptors (Lipinski definition) is 3. The molecule has 1 aromatic heterocycles. The van der Waals surface area contributed by atoms with Gasteiger partial charge < -0.3 is 9.88 Å². The van der Waals surface area contributed by atoms with Gasteiger partial charge >= 0.3 is 0 Å². The minimum Gasteiger partial charge on any atom is -0.308 e.